The monoisotopic (exact) mass is 253 g/mol. The van der Waals surface area contributed by atoms with E-state index >= 15 is 0 Å². The Kier molecular flexibility index (Phi) is 5.10. The maximum absolute atomic E-state index is 11.5. The molecule has 0 amide bonds. The lowest BCUT2D eigenvalue weighted by atomic mass is 10.0. The van der Waals surface area contributed by atoms with Crippen molar-refractivity contribution >= 4 is 11.9 Å². The molecule has 1 atom stereocenters. The second-order valence-electron chi connectivity index (χ2n) is 3.52. The third-order valence-electron chi connectivity index (χ3n) is 2.34. The minimum Gasteiger partial charge on any atom is -0.481 e. The summed E-state index contributed by atoms with van der Waals surface area (Å²) in [6.45, 7) is 1.77. The van der Waals surface area contributed by atoms with Crippen molar-refractivity contribution in [2.75, 3.05) is 13.7 Å². The maximum Gasteiger partial charge on any atom is 0.320 e. The van der Waals surface area contributed by atoms with E-state index in [0.717, 1.165) is 0 Å². The molecule has 0 aliphatic heterocycles. The molecule has 0 aliphatic rings. The van der Waals surface area contributed by atoms with Crippen molar-refractivity contribution in [3.8, 4) is 5.88 Å². The Hall–Kier alpha value is -2.11. The Labute approximate surface area is 105 Å². The first kappa shape index (κ1) is 14.0. The molecule has 1 aromatic heterocycles. The van der Waals surface area contributed by atoms with E-state index in [9.17, 15) is 9.59 Å². The molecule has 1 aromatic rings. The van der Waals surface area contributed by atoms with Crippen LogP contribution < -0.4 is 4.74 Å². The summed E-state index contributed by atoms with van der Waals surface area (Å²) in [5.74, 6) is -2.91. The standard InChI is InChI=1S/C12H15NO5/c1-3-18-12(16)9(11(14)15)7-8-5-4-6-13-10(8)17-2/h4-6,9H,3,7H2,1-2H3,(H,14,15). The zero-order valence-corrected chi connectivity index (χ0v) is 10.3. The molecular weight excluding hydrogens is 238 g/mol. The quantitative estimate of drug-likeness (QED) is 0.598. The number of carboxylic acid groups (broad SMARTS) is 1. The van der Waals surface area contributed by atoms with Gasteiger partial charge in [0.15, 0.2) is 5.92 Å². The Morgan fingerprint density at radius 2 is 2.22 bits per heavy atom. The summed E-state index contributed by atoms with van der Waals surface area (Å²) < 4.78 is 9.74. The number of aliphatic carboxylic acids is 1. The molecule has 18 heavy (non-hydrogen) atoms. The van der Waals surface area contributed by atoms with Crippen LogP contribution in [-0.4, -0.2) is 35.7 Å². The molecule has 98 valence electrons. The Morgan fingerprint density at radius 3 is 2.78 bits per heavy atom. The molecule has 1 N–H and O–H groups in total. The molecule has 0 fully saturated rings. The molecule has 6 nitrogen and oxygen atoms in total. The smallest absolute Gasteiger partial charge is 0.320 e. The third kappa shape index (κ3) is 3.44. The summed E-state index contributed by atoms with van der Waals surface area (Å²) in [6, 6.07) is 3.32. The lowest BCUT2D eigenvalue weighted by molar-refractivity contribution is -0.158. The zero-order chi connectivity index (χ0) is 13.5. The first-order valence-corrected chi connectivity index (χ1v) is 5.47. The molecule has 0 saturated heterocycles. The predicted molar refractivity (Wildman–Crippen MR) is 62.3 cm³/mol. The molecule has 6 heteroatoms. The highest BCUT2D eigenvalue weighted by atomic mass is 16.5. The van der Waals surface area contributed by atoms with Gasteiger partial charge in [0.05, 0.1) is 13.7 Å². The minimum absolute atomic E-state index is 0.00875. The molecule has 1 heterocycles. The first-order valence-electron chi connectivity index (χ1n) is 5.47. The van der Waals surface area contributed by atoms with E-state index in [-0.39, 0.29) is 13.0 Å². The summed E-state index contributed by atoms with van der Waals surface area (Å²) in [5.41, 5.74) is 0.556. The molecule has 1 rings (SSSR count). The second kappa shape index (κ2) is 6.58. The van der Waals surface area contributed by atoms with Gasteiger partial charge in [0.1, 0.15) is 0 Å². The number of methoxy groups -OCH3 is 1. The Balaban J connectivity index is 2.90. The molecule has 1 unspecified atom stereocenters. The van der Waals surface area contributed by atoms with Gasteiger partial charge in [-0.2, -0.15) is 0 Å². The summed E-state index contributed by atoms with van der Waals surface area (Å²) in [5, 5.41) is 9.03. The van der Waals surface area contributed by atoms with Gasteiger partial charge in [-0.3, -0.25) is 9.59 Å². The topological polar surface area (TPSA) is 85.7 Å². The highest BCUT2D eigenvalue weighted by Crippen LogP contribution is 2.19. The lowest BCUT2D eigenvalue weighted by Crippen LogP contribution is -2.28. The molecular formula is C12H15NO5. The number of aromatic nitrogens is 1. The number of carbonyl (C=O) groups is 2. The number of carbonyl (C=O) groups excluding carboxylic acids is 1. The van der Waals surface area contributed by atoms with Gasteiger partial charge in [-0.25, -0.2) is 4.98 Å². The summed E-state index contributed by atoms with van der Waals surface area (Å²) >= 11 is 0. The summed E-state index contributed by atoms with van der Waals surface area (Å²) in [6.07, 6.45) is 1.52. The molecule has 0 saturated carbocycles. The maximum atomic E-state index is 11.5. The molecule has 0 radical (unpaired) electrons. The van der Waals surface area contributed by atoms with E-state index < -0.39 is 17.9 Å². The fraction of sp³-hybridized carbons (Fsp3) is 0.417. The van der Waals surface area contributed by atoms with Crippen molar-refractivity contribution in [1.82, 2.24) is 4.98 Å². The normalized spacial score (nSPS) is 11.7. The van der Waals surface area contributed by atoms with Gasteiger partial charge in [-0.15, -0.1) is 0 Å². The molecule has 0 spiro atoms. The number of ether oxygens (including phenoxy) is 2. The van der Waals surface area contributed by atoms with Crippen molar-refractivity contribution in [1.29, 1.82) is 0 Å². The van der Waals surface area contributed by atoms with Crippen molar-refractivity contribution in [3.05, 3.63) is 23.9 Å². The van der Waals surface area contributed by atoms with Crippen LogP contribution in [-0.2, 0) is 20.7 Å². The number of hydrogen-bond acceptors (Lipinski definition) is 5. The van der Waals surface area contributed by atoms with Crippen LogP contribution in [0.1, 0.15) is 12.5 Å². The largest absolute Gasteiger partial charge is 0.481 e. The third-order valence-corrected chi connectivity index (χ3v) is 2.34. The first-order chi connectivity index (χ1) is 8.60. The number of pyridine rings is 1. The number of rotatable bonds is 6. The van der Waals surface area contributed by atoms with Crippen LogP contribution in [0, 0.1) is 5.92 Å². The average molecular weight is 253 g/mol. The Morgan fingerprint density at radius 1 is 1.50 bits per heavy atom. The van der Waals surface area contributed by atoms with Crippen LogP contribution in [0.2, 0.25) is 0 Å². The zero-order valence-electron chi connectivity index (χ0n) is 10.3. The molecule has 0 aromatic carbocycles. The van der Waals surface area contributed by atoms with Crippen molar-refractivity contribution in [3.63, 3.8) is 0 Å². The van der Waals surface area contributed by atoms with Gasteiger partial charge in [0.2, 0.25) is 5.88 Å². The highest BCUT2D eigenvalue weighted by molar-refractivity contribution is 5.94. The number of hydrogen-bond donors (Lipinski definition) is 1. The predicted octanol–water partition coefficient (Wildman–Crippen LogP) is 0.897. The van der Waals surface area contributed by atoms with Crippen molar-refractivity contribution in [2.45, 2.75) is 13.3 Å². The lowest BCUT2D eigenvalue weighted by Gasteiger charge is -2.12. The number of nitrogens with zero attached hydrogens (tertiary/aromatic N) is 1. The fourth-order valence-corrected chi connectivity index (χ4v) is 1.50. The van der Waals surface area contributed by atoms with E-state index in [1.165, 1.54) is 13.3 Å². The highest BCUT2D eigenvalue weighted by Gasteiger charge is 2.29. The van der Waals surface area contributed by atoms with Gasteiger partial charge in [-0.05, 0) is 13.0 Å². The van der Waals surface area contributed by atoms with Gasteiger partial charge < -0.3 is 14.6 Å². The SMILES string of the molecule is CCOC(=O)C(Cc1cccnc1OC)C(=O)O. The summed E-state index contributed by atoms with van der Waals surface area (Å²) in [7, 11) is 1.44. The molecule has 0 aliphatic carbocycles. The Bertz CT molecular complexity index is 432. The van der Waals surface area contributed by atoms with E-state index in [0.29, 0.717) is 11.4 Å². The van der Waals surface area contributed by atoms with Gasteiger partial charge in [-0.1, -0.05) is 6.07 Å². The van der Waals surface area contributed by atoms with Crippen molar-refractivity contribution < 1.29 is 24.2 Å². The van der Waals surface area contributed by atoms with E-state index in [2.05, 4.69) is 4.98 Å². The average Bonchev–Trinajstić information content (AvgIpc) is 2.36. The van der Waals surface area contributed by atoms with Crippen molar-refractivity contribution in [2.24, 2.45) is 5.92 Å². The number of esters is 1. The van der Waals surface area contributed by atoms with Crippen LogP contribution in [0.4, 0.5) is 0 Å². The second-order valence-corrected chi connectivity index (χ2v) is 3.52. The van der Waals surface area contributed by atoms with E-state index in [1.54, 1.807) is 19.1 Å². The summed E-state index contributed by atoms with van der Waals surface area (Å²) in [4.78, 5) is 26.5. The van der Waals surface area contributed by atoms with Gasteiger partial charge in [0.25, 0.3) is 0 Å². The van der Waals surface area contributed by atoms with E-state index in [4.69, 9.17) is 14.6 Å². The van der Waals surface area contributed by atoms with Gasteiger partial charge in [0, 0.05) is 18.2 Å². The van der Waals surface area contributed by atoms with E-state index in [1.807, 2.05) is 0 Å². The van der Waals surface area contributed by atoms with Crippen LogP contribution >= 0.6 is 0 Å². The van der Waals surface area contributed by atoms with Crippen LogP contribution in [0.3, 0.4) is 0 Å². The minimum atomic E-state index is -1.25. The van der Waals surface area contributed by atoms with Crippen LogP contribution in [0.5, 0.6) is 5.88 Å². The van der Waals surface area contributed by atoms with Crippen LogP contribution in [0.25, 0.3) is 0 Å². The van der Waals surface area contributed by atoms with Gasteiger partial charge >= 0.3 is 11.9 Å². The molecule has 0 bridgehead atoms. The fourth-order valence-electron chi connectivity index (χ4n) is 1.50. The number of carboxylic acids is 1. The van der Waals surface area contributed by atoms with Crippen LogP contribution in [0.15, 0.2) is 18.3 Å².